The van der Waals surface area contributed by atoms with Crippen LogP contribution >= 0.6 is 23.2 Å². The van der Waals surface area contributed by atoms with Crippen LogP contribution in [0.25, 0.3) is 0 Å². The van der Waals surface area contributed by atoms with E-state index in [0.29, 0.717) is 0 Å². The standard InChI is InChI=1S/C15H22Cl2N2/c1-2-19(10-12-4-3-7-18-9-12)11-13-8-14(16)5-6-15(13)17/h5-6,8,12,18H,2-4,7,9-11H2,1H3. The molecule has 0 aromatic heterocycles. The van der Waals surface area contributed by atoms with E-state index in [9.17, 15) is 0 Å². The summed E-state index contributed by atoms with van der Waals surface area (Å²) >= 11 is 12.3. The van der Waals surface area contributed by atoms with E-state index in [1.807, 2.05) is 18.2 Å². The predicted octanol–water partition coefficient (Wildman–Crippen LogP) is 3.81. The Morgan fingerprint density at radius 3 is 2.89 bits per heavy atom. The summed E-state index contributed by atoms with van der Waals surface area (Å²) in [6.07, 6.45) is 2.62. The van der Waals surface area contributed by atoms with Crippen molar-refractivity contribution in [1.29, 1.82) is 0 Å². The first-order chi connectivity index (χ1) is 9.19. The van der Waals surface area contributed by atoms with Crippen molar-refractivity contribution in [3.63, 3.8) is 0 Å². The topological polar surface area (TPSA) is 15.3 Å². The van der Waals surface area contributed by atoms with E-state index in [1.165, 1.54) is 19.4 Å². The lowest BCUT2D eigenvalue weighted by atomic mass is 9.99. The van der Waals surface area contributed by atoms with E-state index in [2.05, 4.69) is 17.1 Å². The zero-order valence-electron chi connectivity index (χ0n) is 11.5. The van der Waals surface area contributed by atoms with Crippen molar-refractivity contribution >= 4 is 23.2 Å². The first-order valence-corrected chi connectivity index (χ1v) is 7.81. The van der Waals surface area contributed by atoms with Gasteiger partial charge in [-0.2, -0.15) is 0 Å². The molecule has 1 aliphatic rings. The van der Waals surface area contributed by atoms with Gasteiger partial charge in [-0.3, -0.25) is 4.90 Å². The van der Waals surface area contributed by atoms with Crippen LogP contribution in [0.1, 0.15) is 25.3 Å². The van der Waals surface area contributed by atoms with Crippen LogP contribution in [0.2, 0.25) is 10.0 Å². The van der Waals surface area contributed by atoms with Gasteiger partial charge in [0.2, 0.25) is 0 Å². The molecule has 1 saturated heterocycles. The minimum atomic E-state index is 0.756. The summed E-state index contributed by atoms with van der Waals surface area (Å²) in [5, 5.41) is 5.04. The van der Waals surface area contributed by atoms with Crippen molar-refractivity contribution in [2.24, 2.45) is 5.92 Å². The molecule has 1 unspecified atom stereocenters. The summed E-state index contributed by atoms with van der Waals surface area (Å²) in [6, 6.07) is 5.70. The third kappa shape index (κ3) is 4.64. The third-order valence-electron chi connectivity index (χ3n) is 3.76. The average molecular weight is 301 g/mol. The molecule has 1 aliphatic heterocycles. The van der Waals surface area contributed by atoms with Gasteiger partial charge in [0.15, 0.2) is 0 Å². The number of benzene rings is 1. The zero-order valence-corrected chi connectivity index (χ0v) is 13.0. The lowest BCUT2D eigenvalue weighted by Crippen LogP contribution is -2.38. The number of rotatable bonds is 5. The van der Waals surface area contributed by atoms with Gasteiger partial charge >= 0.3 is 0 Å². The van der Waals surface area contributed by atoms with Crippen LogP contribution in [0, 0.1) is 5.92 Å². The fraction of sp³-hybridized carbons (Fsp3) is 0.600. The van der Waals surface area contributed by atoms with Crippen molar-refractivity contribution in [3.8, 4) is 0 Å². The number of nitrogens with one attached hydrogen (secondary N) is 1. The van der Waals surface area contributed by atoms with Gasteiger partial charge in [0, 0.05) is 23.1 Å². The normalized spacial score (nSPS) is 19.9. The quantitative estimate of drug-likeness (QED) is 0.889. The maximum absolute atomic E-state index is 6.24. The largest absolute Gasteiger partial charge is 0.316 e. The van der Waals surface area contributed by atoms with Crippen molar-refractivity contribution < 1.29 is 0 Å². The third-order valence-corrected chi connectivity index (χ3v) is 4.37. The molecule has 0 bridgehead atoms. The molecule has 2 rings (SSSR count). The van der Waals surface area contributed by atoms with Crippen LogP contribution in [-0.2, 0) is 6.54 Å². The number of nitrogens with zero attached hydrogens (tertiary/aromatic N) is 1. The Bertz CT molecular complexity index is 403. The van der Waals surface area contributed by atoms with E-state index in [1.54, 1.807) is 0 Å². The summed E-state index contributed by atoms with van der Waals surface area (Å²) in [4.78, 5) is 2.45. The van der Waals surface area contributed by atoms with E-state index in [0.717, 1.165) is 47.7 Å². The highest BCUT2D eigenvalue weighted by molar-refractivity contribution is 6.33. The van der Waals surface area contributed by atoms with Gasteiger partial charge in [0.25, 0.3) is 0 Å². The molecule has 1 aromatic carbocycles. The second-order valence-corrected chi connectivity index (χ2v) is 6.12. The van der Waals surface area contributed by atoms with Crippen LogP contribution in [0.5, 0.6) is 0 Å². The van der Waals surface area contributed by atoms with Gasteiger partial charge in [0.05, 0.1) is 0 Å². The van der Waals surface area contributed by atoms with Gasteiger partial charge in [-0.15, -0.1) is 0 Å². The van der Waals surface area contributed by atoms with Crippen molar-refractivity contribution in [3.05, 3.63) is 33.8 Å². The molecule has 0 saturated carbocycles. The Morgan fingerprint density at radius 2 is 2.21 bits per heavy atom. The highest BCUT2D eigenvalue weighted by atomic mass is 35.5. The summed E-state index contributed by atoms with van der Waals surface area (Å²) < 4.78 is 0. The average Bonchev–Trinajstić information content (AvgIpc) is 2.43. The van der Waals surface area contributed by atoms with E-state index in [4.69, 9.17) is 23.2 Å². The molecule has 1 fully saturated rings. The summed E-state index contributed by atoms with van der Waals surface area (Å²) in [5.74, 6) is 0.756. The number of piperidine rings is 1. The number of hydrogen-bond acceptors (Lipinski definition) is 2. The van der Waals surface area contributed by atoms with Gasteiger partial charge in [0.1, 0.15) is 0 Å². The van der Waals surface area contributed by atoms with Gasteiger partial charge in [-0.1, -0.05) is 30.1 Å². The number of halogens is 2. The minimum absolute atomic E-state index is 0.756. The summed E-state index contributed by atoms with van der Waals surface area (Å²) in [5.41, 5.74) is 1.12. The fourth-order valence-electron chi connectivity index (χ4n) is 2.66. The molecular weight excluding hydrogens is 279 g/mol. The molecule has 2 nitrogen and oxygen atoms in total. The monoisotopic (exact) mass is 300 g/mol. The Kier molecular flexibility index (Phi) is 5.96. The highest BCUT2D eigenvalue weighted by Gasteiger charge is 2.17. The van der Waals surface area contributed by atoms with Gasteiger partial charge in [-0.05, 0) is 62.2 Å². The molecule has 19 heavy (non-hydrogen) atoms. The van der Waals surface area contributed by atoms with E-state index in [-0.39, 0.29) is 0 Å². The lowest BCUT2D eigenvalue weighted by Gasteiger charge is -2.29. The second kappa shape index (κ2) is 7.49. The molecule has 0 amide bonds. The van der Waals surface area contributed by atoms with Crippen molar-refractivity contribution in [2.45, 2.75) is 26.3 Å². The molecular formula is C15H22Cl2N2. The van der Waals surface area contributed by atoms with Crippen LogP contribution in [0.15, 0.2) is 18.2 Å². The Morgan fingerprint density at radius 1 is 1.37 bits per heavy atom. The van der Waals surface area contributed by atoms with Gasteiger partial charge in [-0.25, -0.2) is 0 Å². The molecule has 0 aliphatic carbocycles. The van der Waals surface area contributed by atoms with Crippen molar-refractivity contribution in [2.75, 3.05) is 26.2 Å². The first kappa shape index (κ1) is 15.1. The van der Waals surface area contributed by atoms with Crippen LogP contribution in [-0.4, -0.2) is 31.1 Å². The smallest absolute Gasteiger partial charge is 0.0452 e. The SMILES string of the molecule is CCN(Cc1cc(Cl)ccc1Cl)CC1CCCNC1. The van der Waals surface area contributed by atoms with E-state index < -0.39 is 0 Å². The zero-order chi connectivity index (χ0) is 13.7. The van der Waals surface area contributed by atoms with Crippen molar-refractivity contribution in [1.82, 2.24) is 10.2 Å². The van der Waals surface area contributed by atoms with Crippen LogP contribution in [0.3, 0.4) is 0 Å². The minimum Gasteiger partial charge on any atom is -0.316 e. The highest BCUT2D eigenvalue weighted by Crippen LogP contribution is 2.23. The molecule has 1 heterocycles. The Balaban J connectivity index is 1.95. The van der Waals surface area contributed by atoms with E-state index >= 15 is 0 Å². The molecule has 0 spiro atoms. The first-order valence-electron chi connectivity index (χ1n) is 7.06. The summed E-state index contributed by atoms with van der Waals surface area (Å²) in [7, 11) is 0. The molecule has 4 heteroatoms. The predicted molar refractivity (Wildman–Crippen MR) is 83.0 cm³/mol. The maximum atomic E-state index is 6.24. The Labute approximate surface area is 126 Å². The summed E-state index contributed by atoms with van der Waals surface area (Å²) in [6.45, 7) is 7.56. The Hall–Kier alpha value is -0.280. The molecule has 1 atom stereocenters. The van der Waals surface area contributed by atoms with Gasteiger partial charge < -0.3 is 5.32 Å². The second-order valence-electron chi connectivity index (χ2n) is 5.28. The number of hydrogen-bond donors (Lipinski definition) is 1. The van der Waals surface area contributed by atoms with Crippen LogP contribution < -0.4 is 5.32 Å². The molecule has 1 aromatic rings. The molecule has 0 radical (unpaired) electrons. The molecule has 106 valence electrons. The van der Waals surface area contributed by atoms with Crippen LogP contribution in [0.4, 0.5) is 0 Å². The maximum Gasteiger partial charge on any atom is 0.0452 e. The lowest BCUT2D eigenvalue weighted by molar-refractivity contribution is 0.210. The molecule has 1 N–H and O–H groups in total. The fourth-order valence-corrected chi connectivity index (χ4v) is 3.03.